The smallest absolute Gasteiger partial charge is 0.281 e. The number of carbonyl (C=O) groups excluding carboxylic acids is 1. The van der Waals surface area contributed by atoms with E-state index in [1.54, 1.807) is 31.2 Å². The molecule has 0 saturated carbocycles. The molecule has 0 saturated heterocycles. The number of nitrogens with one attached hydrogen (secondary N) is 1. The first-order chi connectivity index (χ1) is 10.7. The van der Waals surface area contributed by atoms with Crippen molar-refractivity contribution >= 4 is 5.91 Å². The zero-order chi connectivity index (χ0) is 15.8. The summed E-state index contributed by atoms with van der Waals surface area (Å²) >= 11 is 0. The highest BCUT2D eigenvalue weighted by molar-refractivity contribution is 5.76. The standard InChI is InChI=1S/C17H19NO4/c1-3-21-18-17(19)12-20-14-8-10-16(11-9-14)22-15-6-4-13(2)5-7-15/h4-11H,3,12H2,1-2H3,(H,18,19). The highest BCUT2D eigenvalue weighted by Crippen LogP contribution is 2.24. The van der Waals surface area contributed by atoms with Gasteiger partial charge in [-0.25, -0.2) is 5.48 Å². The maximum absolute atomic E-state index is 11.3. The number of aryl methyl sites for hydroxylation is 1. The molecule has 22 heavy (non-hydrogen) atoms. The molecule has 0 aliphatic carbocycles. The molecule has 1 N–H and O–H groups in total. The first kappa shape index (κ1) is 15.9. The van der Waals surface area contributed by atoms with Gasteiger partial charge in [0.2, 0.25) is 0 Å². The van der Waals surface area contributed by atoms with Gasteiger partial charge in [-0.15, -0.1) is 0 Å². The minimum Gasteiger partial charge on any atom is -0.484 e. The SMILES string of the molecule is CCONC(=O)COc1ccc(Oc2ccc(C)cc2)cc1. The van der Waals surface area contributed by atoms with E-state index in [0.29, 0.717) is 18.1 Å². The fraction of sp³-hybridized carbons (Fsp3) is 0.235. The predicted molar refractivity (Wildman–Crippen MR) is 83.0 cm³/mol. The molecule has 1 amide bonds. The second-order valence-corrected chi connectivity index (χ2v) is 4.63. The van der Waals surface area contributed by atoms with E-state index < -0.39 is 0 Å². The first-order valence-electron chi connectivity index (χ1n) is 7.05. The van der Waals surface area contributed by atoms with Crippen LogP contribution in [0.2, 0.25) is 0 Å². The maximum atomic E-state index is 11.3. The Bertz CT molecular complexity index is 593. The molecule has 0 heterocycles. The van der Waals surface area contributed by atoms with E-state index in [-0.39, 0.29) is 12.5 Å². The summed E-state index contributed by atoms with van der Waals surface area (Å²) in [4.78, 5) is 16.1. The van der Waals surface area contributed by atoms with Gasteiger partial charge in [-0.3, -0.25) is 9.63 Å². The molecule has 0 radical (unpaired) electrons. The van der Waals surface area contributed by atoms with Gasteiger partial charge in [0.1, 0.15) is 17.2 Å². The minimum absolute atomic E-state index is 0.0990. The summed E-state index contributed by atoms with van der Waals surface area (Å²) in [6.45, 7) is 4.13. The lowest BCUT2D eigenvalue weighted by Crippen LogP contribution is -2.28. The number of ether oxygens (including phenoxy) is 2. The Kier molecular flexibility index (Phi) is 5.80. The van der Waals surface area contributed by atoms with Crippen LogP contribution in [0.15, 0.2) is 48.5 Å². The van der Waals surface area contributed by atoms with Crippen LogP contribution in [-0.2, 0) is 9.63 Å². The van der Waals surface area contributed by atoms with Gasteiger partial charge in [0.25, 0.3) is 5.91 Å². The van der Waals surface area contributed by atoms with Gasteiger partial charge in [-0.2, -0.15) is 0 Å². The summed E-state index contributed by atoms with van der Waals surface area (Å²) in [5, 5.41) is 0. The maximum Gasteiger partial charge on any atom is 0.281 e. The Hall–Kier alpha value is -2.53. The van der Waals surface area contributed by atoms with Crippen molar-refractivity contribution in [1.82, 2.24) is 5.48 Å². The van der Waals surface area contributed by atoms with Crippen LogP contribution in [0, 0.1) is 6.92 Å². The van der Waals surface area contributed by atoms with Crippen LogP contribution >= 0.6 is 0 Å². The molecule has 2 aromatic rings. The van der Waals surface area contributed by atoms with Crippen LogP contribution in [0.3, 0.4) is 0 Å². The second-order valence-electron chi connectivity index (χ2n) is 4.63. The van der Waals surface area contributed by atoms with Gasteiger partial charge in [0.05, 0.1) is 6.61 Å². The van der Waals surface area contributed by atoms with E-state index in [1.807, 2.05) is 31.2 Å². The third-order valence-electron chi connectivity index (χ3n) is 2.78. The summed E-state index contributed by atoms with van der Waals surface area (Å²) in [7, 11) is 0. The van der Waals surface area contributed by atoms with Crippen molar-refractivity contribution in [1.29, 1.82) is 0 Å². The average molecular weight is 301 g/mol. The van der Waals surface area contributed by atoms with E-state index in [2.05, 4.69) is 5.48 Å². The predicted octanol–water partition coefficient (Wildman–Crippen LogP) is 3.23. The summed E-state index contributed by atoms with van der Waals surface area (Å²) in [5.74, 6) is 1.73. The molecular weight excluding hydrogens is 282 g/mol. The van der Waals surface area contributed by atoms with Gasteiger partial charge in [-0.05, 0) is 50.2 Å². The topological polar surface area (TPSA) is 56.8 Å². The molecule has 2 aromatic carbocycles. The lowest BCUT2D eigenvalue weighted by molar-refractivity contribution is -0.135. The lowest BCUT2D eigenvalue weighted by atomic mass is 10.2. The van der Waals surface area contributed by atoms with Crippen molar-refractivity contribution in [3.8, 4) is 17.2 Å². The van der Waals surface area contributed by atoms with Crippen molar-refractivity contribution in [2.45, 2.75) is 13.8 Å². The number of hydrogen-bond donors (Lipinski definition) is 1. The molecule has 2 rings (SSSR count). The Balaban J connectivity index is 1.85. The summed E-state index contributed by atoms with van der Waals surface area (Å²) in [6, 6.07) is 14.9. The quantitative estimate of drug-likeness (QED) is 0.798. The summed E-state index contributed by atoms with van der Waals surface area (Å²) < 4.78 is 11.1. The molecule has 0 aliphatic heterocycles. The average Bonchev–Trinajstić information content (AvgIpc) is 2.54. The Labute approximate surface area is 129 Å². The van der Waals surface area contributed by atoms with Crippen LogP contribution < -0.4 is 15.0 Å². The van der Waals surface area contributed by atoms with Gasteiger partial charge < -0.3 is 9.47 Å². The van der Waals surface area contributed by atoms with Crippen molar-refractivity contribution in [3.05, 3.63) is 54.1 Å². The third-order valence-corrected chi connectivity index (χ3v) is 2.78. The number of amides is 1. The lowest BCUT2D eigenvalue weighted by Gasteiger charge is -2.09. The largest absolute Gasteiger partial charge is 0.484 e. The number of carbonyl (C=O) groups is 1. The molecule has 0 fully saturated rings. The molecule has 0 unspecified atom stereocenters. The molecule has 5 nitrogen and oxygen atoms in total. The van der Waals surface area contributed by atoms with E-state index >= 15 is 0 Å². The Morgan fingerprint density at radius 2 is 1.50 bits per heavy atom. The molecule has 0 bridgehead atoms. The number of hydrogen-bond acceptors (Lipinski definition) is 4. The molecule has 116 valence electrons. The molecule has 0 aliphatic rings. The number of rotatable bonds is 7. The van der Waals surface area contributed by atoms with Gasteiger partial charge >= 0.3 is 0 Å². The zero-order valence-corrected chi connectivity index (χ0v) is 12.7. The van der Waals surface area contributed by atoms with E-state index in [1.165, 1.54) is 5.56 Å². The van der Waals surface area contributed by atoms with E-state index in [0.717, 1.165) is 5.75 Å². The second kappa shape index (κ2) is 8.05. The van der Waals surface area contributed by atoms with Gasteiger partial charge in [-0.1, -0.05) is 17.7 Å². The van der Waals surface area contributed by atoms with Crippen molar-refractivity contribution in [3.63, 3.8) is 0 Å². The Morgan fingerprint density at radius 1 is 0.955 bits per heavy atom. The molecule has 0 atom stereocenters. The van der Waals surface area contributed by atoms with E-state index in [4.69, 9.17) is 14.3 Å². The Morgan fingerprint density at radius 3 is 2.09 bits per heavy atom. The van der Waals surface area contributed by atoms with Crippen LogP contribution in [0.25, 0.3) is 0 Å². The third kappa shape index (κ3) is 5.10. The number of benzene rings is 2. The van der Waals surface area contributed by atoms with Crippen LogP contribution in [0.5, 0.6) is 17.2 Å². The normalized spacial score (nSPS) is 10.1. The molecule has 0 aromatic heterocycles. The highest BCUT2D eigenvalue weighted by atomic mass is 16.7. The van der Waals surface area contributed by atoms with E-state index in [9.17, 15) is 4.79 Å². The van der Waals surface area contributed by atoms with Crippen LogP contribution in [-0.4, -0.2) is 19.1 Å². The molecule has 0 spiro atoms. The van der Waals surface area contributed by atoms with Gasteiger partial charge in [0, 0.05) is 0 Å². The molecular formula is C17H19NO4. The fourth-order valence-corrected chi connectivity index (χ4v) is 1.68. The minimum atomic E-state index is -0.332. The fourth-order valence-electron chi connectivity index (χ4n) is 1.68. The summed E-state index contributed by atoms with van der Waals surface area (Å²) in [5.41, 5.74) is 3.44. The van der Waals surface area contributed by atoms with Crippen molar-refractivity contribution < 1.29 is 19.1 Å². The van der Waals surface area contributed by atoms with Crippen LogP contribution in [0.1, 0.15) is 12.5 Å². The van der Waals surface area contributed by atoms with Gasteiger partial charge in [0.15, 0.2) is 6.61 Å². The first-order valence-corrected chi connectivity index (χ1v) is 7.05. The highest BCUT2D eigenvalue weighted by Gasteiger charge is 2.03. The van der Waals surface area contributed by atoms with Crippen molar-refractivity contribution in [2.75, 3.05) is 13.2 Å². The zero-order valence-electron chi connectivity index (χ0n) is 12.7. The monoisotopic (exact) mass is 301 g/mol. The van der Waals surface area contributed by atoms with Crippen molar-refractivity contribution in [2.24, 2.45) is 0 Å². The number of hydroxylamine groups is 1. The molecule has 5 heteroatoms. The van der Waals surface area contributed by atoms with Crippen LogP contribution in [0.4, 0.5) is 0 Å². The summed E-state index contributed by atoms with van der Waals surface area (Å²) in [6.07, 6.45) is 0.